The Hall–Kier alpha value is -3.22. The normalized spacial score (nSPS) is 19.3. The fourth-order valence-corrected chi connectivity index (χ4v) is 3.40. The molecular formula is C21H24N2O7. The molecule has 160 valence electrons. The molecule has 30 heavy (non-hydrogen) atoms. The Morgan fingerprint density at radius 2 is 2.07 bits per heavy atom. The lowest BCUT2D eigenvalue weighted by Crippen LogP contribution is -2.26. The molecule has 2 aliphatic heterocycles. The number of nitriles is 1. The summed E-state index contributed by atoms with van der Waals surface area (Å²) >= 11 is 0. The Morgan fingerprint density at radius 1 is 1.33 bits per heavy atom. The molecule has 1 aromatic carbocycles. The van der Waals surface area contributed by atoms with Crippen molar-refractivity contribution in [1.29, 1.82) is 5.26 Å². The van der Waals surface area contributed by atoms with E-state index in [9.17, 15) is 10.1 Å². The molecule has 1 atom stereocenters. The summed E-state index contributed by atoms with van der Waals surface area (Å²) in [7, 11) is 1.50. The van der Waals surface area contributed by atoms with Crippen LogP contribution in [0.1, 0.15) is 25.3 Å². The van der Waals surface area contributed by atoms with Gasteiger partial charge < -0.3 is 34.2 Å². The first-order valence-electron chi connectivity index (χ1n) is 9.50. The quantitative estimate of drug-likeness (QED) is 0.666. The maximum Gasteiger partial charge on any atom is 0.338 e. The van der Waals surface area contributed by atoms with Crippen molar-refractivity contribution in [2.75, 3.05) is 33.5 Å². The Balaban J connectivity index is 2.10. The zero-order valence-corrected chi connectivity index (χ0v) is 17.1. The molecule has 1 aromatic rings. The average Bonchev–Trinajstić information content (AvgIpc) is 3.25. The number of allylic oxidation sites excluding steroid dienone is 2. The molecule has 0 amide bonds. The van der Waals surface area contributed by atoms with Crippen LogP contribution in [-0.4, -0.2) is 45.8 Å². The van der Waals surface area contributed by atoms with Crippen LogP contribution in [0.5, 0.6) is 11.5 Å². The largest absolute Gasteiger partial charge is 0.493 e. The minimum Gasteiger partial charge on any atom is -0.493 e. The molecule has 1 unspecified atom stereocenters. The van der Waals surface area contributed by atoms with Gasteiger partial charge in [0.05, 0.1) is 38.4 Å². The second kappa shape index (κ2) is 9.52. The lowest BCUT2D eigenvalue weighted by atomic mass is 9.82. The van der Waals surface area contributed by atoms with Crippen molar-refractivity contribution in [3.8, 4) is 17.6 Å². The number of methoxy groups -OCH3 is 1. The SMILES string of the molecule is CCOC(=O)C1=C(C)OC(N)=C(C#N)C1c1cccc(OC)c1OCC1OCCO1. The van der Waals surface area contributed by atoms with Gasteiger partial charge in [-0.05, 0) is 19.9 Å². The van der Waals surface area contributed by atoms with Crippen LogP contribution in [0.15, 0.2) is 41.0 Å². The van der Waals surface area contributed by atoms with Gasteiger partial charge in [-0.3, -0.25) is 0 Å². The highest BCUT2D eigenvalue weighted by Crippen LogP contribution is 2.46. The summed E-state index contributed by atoms with van der Waals surface area (Å²) in [6, 6.07) is 7.25. The van der Waals surface area contributed by atoms with Crippen molar-refractivity contribution in [2.45, 2.75) is 26.1 Å². The van der Waals surface area contributed by atoms with Crippen LogP contribution in [-0.2, 0) is 23.7 Å². The molecule has 9 heteroatoms. The van der Waals surface area contributed by atoms with Crippen LogP contribution in [0, 0.1) is 11.3 Å². The van der Waals surface area contributed by atoms with E-state index in [1.54, 1.807) is 32.0 Å². The third-order valence-electron chi connectivity index (χ3n) is 4.70. The van der Waals surface area contributed by atoms with Gasteiger partial charge in [0.1, 0.15) is 24.0 Å². The van der Waals surface area contributed by atoms with Gasteiger partial charge in [-0.1, -0.05) is 12.1 Å². The van der Waals surface area contributed by atoms with E-state index in [4.69, 9.17) is 34.2 Å². The third kappa shape index (κ3) is 4.20. The highest BCUT2D eigenvalue weighted by Gasteiger charge is 2.38. The zero-order chi connectivity index (χ0) is 21.7. The number of para-hydroxylation sites is 1. The molecule has 0 bridgehead atoms. The number of carbonyl (C=O) groups is 1. The fraction of sp³-hybridized carbons (Fsp3) is 0.429. The van der Waals surface area contributed by atoms with Gasteiger partial charge in [-0.15, -0.1) is 0 Å². The maximum absolute atomic E-state index is 12.7. The van der Waals surface area contributed by atoms with E-state index in [2.05, 4.69) is 6.07 Å². The topological polar surface area (TPSA) is 122 Å². The minimum atomic E-state index is -0.849. The second-order valence-electron chi connectivity index (χ2n) is 6.48. The first-order chi connectivity index (χ1) is 14.5. The molecule has 3 rings (SSSR count). The van der Waals surface area contributed by atoms with Crippen molar-refractivity contribution >= 4 is 5.97 Å². The lowest BCUT2D eigenvalue weighted by molar-refractivity contribution is -0.139. The summed E-state index contributed by atoms with van der Waals surface area (Å²) in [6.07, 6.45) is -0.518. The van der Waals surface area contributed by atoms with Gasteiger partial charge in [-0.2, -0.15) is 5.26 Å². The van der Waals surface area contributed by atoms with Gasteiger partial charge in [0, 0.05) is 5.56 Å². The van der Waals surface area contributed by atoms with E-state index in [1.807, 2.05) is 0 Å². The maximum atomic E-state index is 12.7. The van der Waals surface area contributed by atoms with Crippen LogP contribution < -0.4 is 15.2 Å². The zero-order valence-electron chi connectivity index (χ0n) is 17.1. The average molecular weight is 416 g/mol. The smallest absolute Gasteiger partial charge is 0.338 e. The summed E-state index contributed by atoms with van der Waals surface area (Å²) < 4.78 is 33.0. The number of nitrogens with zero attached hydrogens (tertiary/aromatic N) is 1. The van der Waals surface area contributed by atoms with E-state index in [1.165, 1.54) is 7.11 Å². The lowest BCUT2D eigenvalue weighted by Gasteiger charge is -2.28. The molecule has 0 saturated carbocycles. The van der Waals surface area contributed by atoms with Gasteiger partial charge in [0.25, 0.3) is 0 Å². The van der Waals surface area contributed by atoms with Crippen LogP contribution in [0.4, 0.5) is 0 Å². The summed E-state index contributed by atoms with van der Waals surface area (Å²) in [5.74, 6) is -0.500. The first-order valence-corrected chi connectivity index (χ1v) is 9.50. The Kier molecular flexibility index (Phi) is 6.82. The van der Waals surface area contributed by atoms with E-state index < -0.39 is 18.2 Å². The van der Waals surface area contributed by atoms with Crippen LogP contribution in [0.25, 0.3) is 0 Å². The highest BCUT2D eigenvalue weighted by molar-refractivity contribution is 5.93. The van der Waals surface area contributed by atoms with E-state index in [0.717, 1.165) is 0 Å². The Bertz CT molecular complexity index is 910. The van der Waals surface area contributed by atoms with Gasteiger partial charge in [-0.25, -0.2) is 4.79 Å². The minimum absolute atomic E-state index is 0.0788. The van der Waals surface area contributed by atoms with Gasteiger partial charge in [0.2, 0.25) is 5.88 Å². The molecule has 0 radical (unpaired) electrons. The monoisotopic (exact) mass is 416 g/mol. The van der Waals surface area contributed by atoms with Crippen molar-refractivity contribution in [2.24, 2.45) is 5.73 Å². The molecule has 2 N–H and O–H groups in total. The summed E-state index contributed by atoms with van der Waals surface area (Å²) in [6.45, 7) is 4.54. The predicted octanol–water partition coefficient (Wildman–Crippen LogP) is 2.09. The summed E-state index contributed by atoms with van der Waals surface area (Å²) in [4.78, 5) is 12.7. The third-order valence-corrected chi connectivity index (χ3v) is 4.70. The number of hydrogen-bond acceptors (Lipinski definition) is 9. The number of carbonyl (C=O) groups excluding carboxylic acids is 1. The standard InChI is InChI=1S/C21H24N2O7/c1-4-26-21(24)17-12(2)30-20(23)14(10-22)18(17)13-6-5-7-15(25-3)19(13)29-11-16-27-8-9-28-16/h5-7,16,18H,4,8-9,11,23H2,1-3H3. The molecule has 2 heterocycles. The second-order valence-corrected chi connectivity index (χ2v) is 6.48. The summed E-state index contributed by atoms with van der Waals surface area (Å²) in [5, 5.41) is 9.77. The molecular weight excluding hydrogens is 392 g/mol. The van der Waals surface area contributed by atoms with Crippen molar-refractivity contribution in [1.82, 2.24) is 0 Å². The number of esters is 1. The fourth-order valence-electron chi connectivity index (χ4n) is 3.40. The van der Waals surface area contributed by atoms with Crippen LogP contribution in [0.3, 0.4) is 0 Å². The van der Waals surface area contributed by atoms with Crippen LogP contribution in [0.2, 0.25) is 0 Å². The molecule has 2 aliphatic rings. The van der Waals surface area contributed by atoms with E-state index >= 15 is 0 Å². The molecule has 1 fully saturated rings. The van der Waals surface area contributed by atoms with Crippen molar-refractivity contribution in [3.63, 3.8) is 0 Å². The molecule has 1 saturated heterocycles. The van der Waals surface area contributed by atoms with E-state index in [-0.39, 0.29) is 36.0 Å². The number of rotatable bonds is 7. The van der Waals surface area contributed by atoms with Gasteiger partial charge >= 0.3 is 5.97 Å². The van der Waals surface area contributed by atoms with Gasteiger partial charge in [0.15, 0.2) is 17.8 Å². The Labute approximate surface area is 174 Å². The van der Waals surface area contributed by atoms with Crippen LogP contribution >= 0.6 is 0 Å². The highest BCUT2D eigenvalue weighted by atomic mass is 16.7. The first kappa shape index (κ1) is 21.5. The summed E-state index contributed by atoms with van der Waals surface area (Å²) in [5.41, 5.74) is 6.74. The van der Waals surface area contributed by atoms with Crippen molar-refractivity contribution in [3.05, 3.63) is 46.6 Å². The number of hydrogen-bond donors (Lipinski definition) is 1. The predicted molar refractivity (Wildman–Crippen MR) is 104 cm³/mol. The Morgan fingerprint density at radius 3 is 2.70 bits per heavy atom. The van der Waals surface area contributed by atoms with Crippen molar-refractivity contribution < 1.29 is 33.2 Å². The van der Waals surface area contributed by atoms with E-state index in [0.29, 0.717) is 30.3 Å². The molecule has 0 aliphatic carbocycles. The molecule has 9 nitrogen and oxygen atoms in total. The molecule has 0 aromatic heterocycles. The number of ether oxygens (including phenoxy) is 6. The molecule has 0 spiro atoms. The number of benzene rings is 1. The number of nitrogens with two attached hydrogens (primary N) is 1.